The van der Waals surface area contributed by atoms with E-state index in [9.17, 15) is 0 Å². The number of rotatable bonds is 5. The molecule has 0 aromatic carbocycles. The zero-order valence-corrected chi connectivity index (χ0v) is 11.7. The summed E-state index contributed by atoms with van der Waals surface area (Å²) in [5.74, 6) is 2.78. The molecule has 98 valence electrons. The summed E-state index contributed by atoms with van der Waals surface area (Å²) in [6.45, 7) is 2.09. The van der Waals surface area contributed by atoms with Gasteiger partial charge in [0.25, 0.3) is 0 Å². The van der Waals surface area contributed by atoms with Crippen LogP contribution < -0.4 is 10.6 Å². The largest absolute Gasteiger partial charge is 0.382 e. The number of nitrogens with two attached hydrogens (primary N) is 1. The van der Waals surface area contributed by atoms with E-state index in [4.69, 9.17) is 28.9 Å². The van der Waals surface area contributed by atoms with Crippen molar-refractivity contribution in [1.29, 1.82) is 0 Å². The lowest BCUT2D eigenvalue weighted by atomic mass is 10.3. The van der Waals surface area contributed by atoms with E-state index in [1.165, 1.54) is 25.7 Å². The quantitative estimate of drug-likeness (QED) is 0.899. The third kappa shape index (κ3) is 2.83. The zero-order valence-electron chi connectivity index (χ0n) is 10.2. The SMILES string of the molecule is Nc1nc(N(CC2CC2)CC2CC2)c(Cl)cc1Cl. The first-order valence-corrected chi connectivity index (χ1v) is 7.25. The van der Waals surface area contributed by atoms with Gasteiger partial charge in [-0.1, -0.05) is 23.2 Å². The van der Waals surface area contributed by atoms with E-state index in [1.54, 1.807) is 6.07 Å². The summed E-state index contributed by atoms with van der Waals surface area (Å²) in [5, 5.41) is 1.04. The second kappa shape index (κ2) is 4.78. The molecule has 0 aliphatic heterocycles. The van der Waals surface area contributed by atoms with Crippen LogP contribution >= 0.6 is 23.2 Å². The predicted octanol–water partition coefficient (Wildman–Crippen LogP) is 3.60. The topological polar surface area (TPSA) is 42.1 Å². The van der Waals surface area contributed by atoms with Crippen molar-refractivity contribution >= 4 is 34.8 Å². The van der Waals surface area contributed by atoms with Crippen LogP contribution in [0.3, 0.4) is 0 Å². The Balaban J connectivity index is 1.84. The standard InChI is InChI=1S/C13H17Cl2N3/c14-10-5-11(15)13(17-12(10)16)18(6-8-1-2-8)7-9-3-4-9/h5,8-9H,1-4,6-7H2,(H2,16,17). The van der Waals surface area contributed by atoms with Crippen molar-refractivity contribution in [3.05, 3.63) is 16.1 Å². The maximum absolute atomic E-state index is 6.26. The summed E-state index contributed by atoms with van der Waals surface area (Å²) in [6, 6.07) is 1.70. The summed E-state index contributed by atoms with van der Waals surface area (Å²) >= 11 is 12.2. The Kier molecular flexibility index (Phi) is 3.29. The first-order chi connectivity index (χ1) is 8.63. The van der Waals surface area contributed by atoms with Crippen LogP contribution in [0.4, 0.5) is 11.6 Å². The van der Waals surface area contributed by atoms with Crippen molar-refractivity contribution in [2.45, 2.75) is 25.7 Å². The van der Waals surface area contributed by atoms with Crippen LogP contribution in [0.15, 0.2) is 6.07 Å². The fraction of sp³-hybridized carbons (Fsp3) is 0.615. The Morgan fingerprint density at radius 1 is 1.11 bits per heavy atom. The van der Waals surface area contributed by atoms with Crippen molar-refractivity contribution < 1.29 is 0 Å². The lowest BCUT2D eigenvalue weighted by Crippen LogP contribution is -2.29. The predicted molar refractivity (Wildman–Crippen MR) is 76.3 cm³/mol. The number of aromatic nitrogens is 1. The van der Waals surface area contributed by atoms with Crippen LogP contribution in [-0.2, 0) is 0 Å². The van der Waals surface area contributed by atoms with E-state index in [0.29, 0.717) is 15.9 Å². The molecule has 0 unspecified atom stereocenters. The molecule has 0 spiro atoms. The first kappa shape index (κ1) is 12.4. The molecule has 2 aliphatic rings. The van der Waals surface area contributed by atoms with E-state index in [2.05, 4.69) is 9.88 Å². The fourth-order valence-corrected chi connectivity index (χ4v) is 2.64. The van der Waals surface area contributed by atoms with Gasteiger partial charge >= 0.3 is 0 Å². The van der Waals surface area contributed by atoms with Gasteiger partial charge in [-0.15, -0.1) is 0 Å². The number of hydrogen-bond acceptors (Lipinski definition) is 3. The molecule has 3 rings (SSSR count). The van der Waals surface area contributed by atoms with E-state index in [1.807, 2.05) is 0 Å². The molecule has 0 bridgehead atoms. The highest BCUT2D eigenvalue weighted by Crippen LogP contribution is 2.38. The van der Waals surface area contributed by atoms with Crippen molar-refractivity contribution in [2.75, 3.05) is 23.7 Å². The molecular weight excluding hydrogens is 269 g/mol. The summed E-state index contributed by atoms with van der Waals surface area (Å²) in [6.07, 6.45) is 5.29. The highest BCUT2D eigenvalue weighted by atomic mass is 35.5. The lowest BCUT2D eigenvalue weighted by Gasteiger charge is -2.25. The monoisotopic (exact) mass is 285 g/mol. The van der Waals surface area contributed by atoms with E-state index < -0.39 is 0 Å². The molecule has 2 fully saturated rings. The molecular formula is C13H17Cl2N3. The van der Waals surface area contributed by atoms with Gasteiger partial charge in [-0.05, 0) is 43.6 Å². The minimum Gasteiger partial charge on any atom is -0.382 e. The molecule has 1 aromatic rings. The van der Waals surface area contributed by atoms with Gasteiger partial charge in [0.05, 0.1) is 10.0 Å². The summed E-state index contributed by atoms with van der Waals surface area (Å²) in [4.78, 5) is 6.67. The number of hydrogen-bond donors (Lipinski definition) is 1. The van der Waals surface area contributed by atoms with Gasteiger partial charge in [0.15, 0.2) is 0 Å². The van der Waals surface area contributed by atoms with Gasteiger partial charge in [-0.25, -0.2) is 4.98 Å². The minimum atomic E-state index is 0.368. The van der Waals surface area contributed by atoms with Gasteiger partial charge in [0.2, 0.25) is 0 Å². The second-order valence-electron chi connectivity index (χ2n) is 5.45. The summed E-state index contributed by atoms with van der Waals surface area (Å²) in [5.41, 5.74) is 5.79. The van der Waals surface area contributed by atoms with Gasteiger partial charge < -0.3 is 10.6 Å². The van der Waals surface area contributed by atoms with Crippen LogP contribution in [0, 0.1) is 11.8 Å². The van der Waals surface area contributed by atoms with Gasteiger partial charge in [-0.2, -0.15) is 0 Å². The van der Waals surface area contributed by atoms with Crippen molar-refractivity contribution in [3.63, 3.8) is 0 Å². The number of anilines is 2. The Bertz CT molecular complexity index is 442. The van der Waals surface area contributed by atoms with Crippen LogP contribution in [-0.4, -0.2) is 18.1 Å². The van der Waals surface area contributed by atoms with Gasteiger partial charge in [-0.3, -0.25) is 0 Å². The van der Waals surface area contributed by atoms with Crippen LogP contribution in [0.2, 0.25) is 10.0 Å². The van der Waals surface area contributed by atoms with E-state index in [0.717, 1.165) is 30.7 Å². The maximum Gasteiger partial charge on any atom is 0.149 e. The molecule has 1 aromatic heterocycles. The molecule has 2 aliphatic carbocycles. The smallest absolute Gasteiger partial charge is 0.149 e. The van der Waals surface area contributed by atoms with Crippen molar-refractivity contribution in [1.82, 2.24) is 4.98 Å². The molecule has 0 radical (unpaired) electrons. The molecule has 0 saturated heterocycles. The number of nitrogens with zero attached hydrogens (tertiary/aromatic N) is 2. The number of nitrogen functional groups attached to an aromatic ring is 1. The number of halogens is 2. The van der Waals surface area contributed by atoms with Crippen LogP contribution in [0.5, 0.6) is 0 Å². The average molecular weight is 286 g/mol. The third-order valence-corrected chi connectivity index (χ3v) is 4.17. The highest BCUT2D eigenvalue weighted by Gasteiger charge is 2.30. The zero-order chi connectivity index (χ0) is 12.7. The normalized spacial score (nSPS) is 19.0. The Labute approximate surface area is 117 Å². The summed E-state index contributed by atoms with van der Waals surface area (Å²) < 4.78 is 0. The summed E-state index contributed by atoms with van der Waals surface area (Å²) in [7, 11) is 0. The molecule has 3 nitrogen and oxygen atoms in total. The second-order valence-corrected chi connectivity index (χ2v) is 6.27. The first-order valence-electron chi connectivity index (χ1n) is 6.50. The third-order valence-electron chi connectivity index (χ3n) is 3.59. The van der Waals surface area contributed by atoms with Gasteiger partial charge in [0, 0.05) is 13.1 Å². The molecule has 1 heterocycles. The lowest BCUT2D eigenvalue weighted by molar-refractivity contribution is 0.672. The number of pyridine rings is 1. The Hall–Kier alpha value is -0.670. The van der Waals surface area contributed by atoms with Crippen LogP contribution in [0.1, 0.15) is 25.7 Å². The van der Waals surface area contributed by atoms with E-state index in [-0.39, 0.29) is 0 Å². The minimum absolute atomic E-state index is 0.368. The molecule has 18 heavy (non-hydrogen) atoms. The molecule has 2 saturated carbocycles. The van der Waals surface area contributed by atoms with Crippen LogP contribution in [0.25, 0.3) is 0 Å². The fourth-order valence-electron chi connectivity index (χ4n) is 2.16. The van der Waals surface area contributed by atoms with Crippen molar-refractivity contribution in [2.24, 2.45) is 11.8 Å². The Morgan fingerprint density at radius 2 is 1.67 bits per heavy atom. The van der Waals surface area contributed by atoms with E-state index >= 15 is 0 Å². The highest BCUT2D eigenvalue weighted by molar-refractivity contribution is 6.37. The van der Waals surface area contributed by atoms with Crippen molar-refractivity contribution in [3.8, 4) is 0 Å². The molecule has 2 N–H and O–H groups in total. The maximum atomic E-state index is 6.26. The molecule has 5 heteroatoms. The Morgan fingerprint density at radius 3 is 2.17 bits per heavy atom. The van der Waals surface area contributed by atoms with Gasteiger partial charge in [0.1, 0.15) is 11.6 Å². The molecule has 0 amide bonds. The average Bonchev–Trinajstić information content (AvgIpc) is 3.17. The molecule has 0 atom stereocenters.